The Morgan fingerprint density at radius 3 is 2.52 bits per heavy atom. The van der Waals surface area contributed by atoms with Crippen LogP contribution in [-0.2, 0) is 14.1 Å². The van der Waals surface area contributed by atoms with Crippen molar-refractivity contribution < 1.29 is 9.18 Å². The number of Topliss-reactive ketones (excluding diaryl/α,β-unsaturated/α-hetero) is 1. The number of halogens is 1. The number of hydrogen-bond donors (Lipinski definition) is 2. The fraction of sp³-hybridized carbons (Fsp3) is 0.235. The van der Waals surface area contributed by atoms with Gasteiger partial charge in [-0.15, -0.1) is 10.2 Å². The summed E-state index contributed by atoms with van der Waals surface area (Å²) in [5.41, 5.74) is 4.91. The van der Waals surface area contributed by atoms with Crippen molar-refractivity contribution >= 4 is 45.5 Å². The van der Waals surface area contributed by atoms with Gasteiger partial charge < -0.3 is 11.1 Å². The van der Waals surface area contributed by atoms with E-state index >= 15 is 0 Å². The molecular weight excluding hydrogens is 419 g/mol. The number of aromatic nitrogens is 4. The van der Waals surface area contributed by atoms with E-state index in [1.54, 1.807) is 19.1 Å². The Balaban J connectivity index is 1.78. The summed E-state index contributed by atoms with van der Waals surface area (Å²) < 4.78 is 15.4. The van der Waals surface area contributed by atoms with Gasteiger partial charge in [-0.3, -0.25) is 18.7 Å². The normalized spacial score (nSPS) is 12.0. The lowest BCUT2D eigenvalue weighted by atomic mass is 10.1. The number of nitrogens with zero attached hydrogens (tertiary/aromatic N) is 4. The van der Waals surface area contributed by atoms with Gasteiger partial charge in [-0.2, -0.15) is 0 Å². The van der Waals surface area contributed by atoms with Crippen LogP contribution in [0, 0.1) is 5.82 Å². The zero-order valence-corrected chi connectivity index (χ0v) is 17.3. The molecule has 0 radical (unpaired) electrons. The number of nitrogens with one attached hydrogen (secondary N) is 1. The standard InChI is InChI=1S/C17H17FN6O3S2/c1-8(12(25)11-13(19)23(2)17(27)24(3)14(11)26)28-16-22-21-15(29-16)20-10-6-4-9(18)5-7-10/h4-8H,19H2,1-3H3,(H,20,21). The Hall–Kier alpha value is -2.99. The summed E-state index contributed by atoms with van der Waals surface area (Å²) in [5.74, 6) is -1.03. The van der Waals surface area contributed by atoms with E-state index in [2.05, 4.69) is 15.5 Å². The smallest absolute Gasteiger partial charge is 0.332 e. The van der Waals surface area contributed by atoms with Gasteiger partial charge in [-0.1, -0.05) is 23.1 Å². The highest BCUT2D eigenvalue weighted by atomic mass is 32.2. The van der Waals surface area contributed by atoms with Crippen LogP contribution >= 0.6 is 23.1 Å². The Morgan fingerprint density at radius 2 is 1.86 bits per heavy atom. The van der Waals surface area contributed by atoms with Crippen LogP contribution < -0.4 is 22.3 Å². The topological polar surface area (TPSA) is 125 Å². The maximum atomic E-state index is 13.0. The lowest BCUT2D eigenvalue weighted by Gasteiger charge is -2.13. The van der Waals surface area contributed by atoms with Gasteiger partial charge in [0.15, 0.2) is 10.1 Å². The maximum absolute atomic E-state index is 13.0. The molecule has 3 aromatic rings. The molecule has 0 amide bonds. The number of carbonyl (C=O) groups is 1. The number of nitrogen functional groups attached to an aromatic ring is 1. The average molecular weight is 436 g/mol. The van der Waals surface area contributed by atoms with Crippen LogP contribution in [0.3, 0.4) is 0 Å². The number of nitrogens with two attached hydrogens (primary N) is 1. The SMILES string of the molecule is CC(Sc1nnc(Nc2ccc(F)cc2)s1)C(=O)c1c(N)n(C)c(=O)n(C)c1=O. The first-order valence-electron chi connectivity index (χ1n) is 8.31. The summed E-state index contributed by atoms with van der Waals surface area (Å²) >= 11 is 2.32. The lowest BCUT2D eigenvalue weighted by molar-refractivity contribution is 0.0992. The Bertz CT molecular complexity index is 1190. The molecule has 1 unspecified atom stereocenters. The third kappa shape index (κ3) is 4.22. The summed E-state index contributed by atoms with van der Waals surface area (Å²) in [6.07, 6.45) is 0. The summed E-state index contributed by atoms with van der Waals surface area (Å²) in [6, 6.07) is 5.76. The molecule has 1 atom stereocenters. The number of rotatable bonds is 6. The monoisotopic (exact) mass is 436 g/mol. The summed E-state index contributed by atoms with van der Waals surface area (Å²) in [6.45, 7) is 1.62. The van der Waals surface area contributed by atoms with Crippen molar-refractivity contribution in [2.24, 2.45) is 14.1 Å². The largest absolute Gasteiger partial charge is 0.384 e. The van der Waals surface area contributed by atoms with Crippen LogP contribution in [0.5, 0.6) is 0 Å². The predicted octanol–water partition coefficient (Wildman–Crippen LogP) is 1.76. The van der Waals surface area contributed by atoms with Crippen molar-refractivity contribution in [2.75, 3.05) is 11.1 Å². The van der Waals surface area contributed by atoms with E-state index in [4.69, 9.17) is 5.73 Å². The first-order chi connectivity index (χ1) is 13.7. The first kappa shape index (κ1) is 20.7. The minimum Gasteiger partial charge on any atom is -0.384 e. The molecule has 12 heteroatoms. The van der Waals surface area contributed by atoms with Gasteiger partial charge in [0.25, 0.3) is 5.56 Å². The number of carbonyl (C=O) groups excluding carboxylic acids is 1. The summed E-state index contributed by atoms with van der Waals surface area (Å²) in [7, 11) is 2.68. The van der Waals surface area contributed by atoms with E-state index in [1.165, 1.54) is 37.6 Å². The summed E-state index contributed by atoms with van der Waals surface area (Å²) in [5, 5.41) is 10.8. The van der Waals surface area contributed by atoms with Crippen molar-refractivity contribution in [2.45, 2.75) is 16.5 Å². The minimum absolute atomic E-state index is 0.175. The second-order valence-electron chi connectivity index (χ2n) is 6.10. The van der Waals surface area contributed by atoms with Gasteiger partial charge in [0, 0.05) is 19.8 Å². The third-order valence-electron chi connectivity index (χ3n) is 4.11. The van der Waals surface area contributed by atoms with Gasteiger partial charge in [-0.05, 0) is 31.2 Å². The fourth-order valence-electron chi connectivity index (χ4n) is 2.46. The molecule has 3 N–H and O–H groups in total. The van der Waals surface area contributed by atoms with Crippen LogP contribution in [0.15, 0.2) is 38.2 Å². The molecule has 0 aliphatic carbocycles. The zero-order chi connectivity index (χ0) is 21.3. The lowest BCUT2D eigenvalue weighted by Crippen LogP contribution is -2.42. The highest BCUT2D eigenvalue weighted by Gasteiger charge is 2.26. The number of thioether (sulfide) groups is 1. The number of hydrogen-bond acceptors (Lipinski definition) is 9. The Morgan fingerprint density at radius 1 is 1.21 bits per heavy atom. The van der Waals surface area contributed by atoms with Gasteiger partial charge in [0.05, 0.1) is 5.25 Å². The van der Waals surface area contributed by atoms with Crippen LogP contribution in [0.4, 0.5) is 21.0 Å². The summed E-state index contributed by atoms with van der Waals surface area (Å²) in [4.78, 5) is 37.1. The van der Waals surface area contributed by atoms with Gasteiger partial charge in [-0.25, -0.2) is 9.18 Å². The van der Waals surface area contributed by atoms with E-state index in [9.17, 15) is 18.8 Å². The molecule has 0 fully saturated rings. The van der Waals surface area contributed by atoms with Crippen molar-refractivity contribution in [3.8, 4) is 0 Å². The molecule has 0 saturated heterocycles. The van der Waals surface area contributed by atoms with E-state index in [-0.39, 0.29) is 17.2 Å². The van der Waals surface area contributed by atoms with Gasteiger partial charge >= 0.3 is 5.69 Å². The molecule has 1 aromatic carbocycles. The Kier molecular flexibility index (Phi) is 5.84. The average Bonchev–Trinajstić information content (AvgIpc) is 3.13. The van der Waals surface area contributed by atoms with E-state index in [0.717, 1.165) is 20.9 Å². The molecule has 29 heavy (non-hydrogen) atoms. The van der Waals surface area contributed by atoms with Crippen molar-refractivity contribution in [3.63, 3.8) is 0 Å². The maximum Gasteiger partial charge on any atom is 0.332 e. The van der Waals surface area contributed by atoms with Crippen molar-refractivity contribution in [1.82, 2.24) is 19.3 Å². The van der Waals surface area contributed by atoms with Gasteiger partial charge in [0.2, 0.25) is 5.13 Å². The van der Waals surface area contributed by atoms with Crippen molar-refractivity contribution in [1.29, 1.82) is 0 Å². The minimum atomic E-state index is -0.737. The second kappa shape index (κ2) is 8.17. The quantitative estimate of drug-likeness (QED) is 0.442. The molecule has 2 heterocycles. The molecule has 3 rings (SSSR count). The second-order valence-corrected chi connectivity index (χ2v) is 8.66. The molecular formula is C17H17FN6O3S2. The van der Waals surface area contributed by atoms with Gasteiger partial charge in [0.1, 0.15) is 17.2 Å². The highest BCUT2D eigenvalue weighted by Crippen LogP contribution is 2.31. The molecule has 0 aliphatic rings. The third-order valence-corrected chi connectivity index (χ3v) is 6.13. The van der Waals surface area contributed by atoms with Crippen LogP contribution in [0.25, 0.3) is 0 Å². The number of anilines is 3. The molecule has 2 aromatic heterocycles. The number of ketones is 1. The van der Waals surface area contributed by atoms with Crippen molar-refractivity contribution in [3.05, 3.63) is 56.5 Å². The molecule has 0 spiro atoms. The molecule has 0 saturated carbocycles. The zero-order valence-electron chi connectivity index (χ0n) is 15.7. The van der Waals surface area contributed by atoms with E-state index in [0.29, 0.717) is 15.2 Å². The Labute approximate surface area is 172 Å². The predicted molar refractivity (Wildman–Crippen MR) is 111 cm³/mol. The molecule has 152 valence electrons. The molecule has 9 nitrogen and oxygen atoms in total. The first-order valence-corrected chi connectivity index (χ1v) is 10.0. The van der Waals surface area contributed by atoms with Crippen LogP contribution in [0.2, 0.25) is 0 Å². The fourth-order valence-corrected chi connectivity index (χ4v) is 4.44. The molecule has 0 bridgehead atoms. The highest BCUT2D eigenvalue weighted by molar-refractivity contribution is 8.02. The molecule has 0 aliphatic heterocycles. The van der Waals surface area contributed by atoms with Crippen LogP contribution in [-0.4, -0.2) is 30.4 Å². The number of benzene rings is 1. The van der Waals surface area contributed by atoms with Crippen LogP contribution in [0.1, 0.15) is 17.3 Å². The van der Waals surface area contributed by atoms with E-state index < -0.39 is 22.3 Å². The van der Waals surface area contributed by atoms with E-state index in [1.807, 2.05) is 0 Å².